The van der Waals surface area contributed by atoms with Gasteiger partial charge in [-0.25, -0.2) is 8.42 Å². The zero-order valence-corrected chi connectivity index (χ0v) is 16.3. The highest BCUT2D eigenvalue weighted by Gasteiger charge is 2.22. The fourth-order valence-electron chi connectivity index (χ4n) is 2.15. The van der Waals surface area contributed by atoms with Crippen LogP contribution in [0.3, 0.4) is 0 Å². The van der Waals surface area contributed by atoms with Crippen molar-refractivity contribution in [2.24, 2.45) is 0 Å². The third-order valence-corrected chi connectivity index (χ3v) is 5.95. The molecule has 0 aliphatic heterocycles. The van der Waals surface area contributed by atoms with Gasteiger partial charge in [-0.2, -0.15) is 4.72 Å². The zero-order valence-electron chi connectivity index (χ0n) is 14.6. The Morgan fingerprint density at radius 2 is 1.58 bits per heavy atom. The van der Waals surface area contributed by atoms with Gasteiger partial charge < -0.3 is 5.32 Å². The van der Waals surface area contributed by atoms with Gasteiger partial charge in [0.05, 0.1) is 10.9 Å². The van der Waals surface area contributed by atoms with Gasteiger partial charge in [-0.05, 0) is 56.5 Å². The normalized spacial score (nSPS) is 12.4. The van der Waals surface area contributed by atoms with E-state index >= 15 is 0 Å². The molecule has 1 amide bonds. The van der Waals surface area contributed by atoms with Crippen LogP contribution in [0.1, 0.15) is 24.2 Å². The Hall–Kier alpha value is -2.16. The van der Waals surface area contributed by atoms with E-state index in [1.807, 2.05) is 18.4 Å². The zero-order chi connectivity index (χ0) is 19.3. The summed E-state index contributed by atoms with van der Waals surface area (Å²) in [7, 11) is -3.88. The number of anilines is 1. The summed E-state index contributed by atoms with van der Waals surface area (Å²) in [5, 5.41) is 2.67. The highest BCUT2D eigenvalue weighted by molar-refractivity contribution is 7.98. The number of rotatable bonds is 7. The van der Waals surface area contributed by atoms with Gasteiger partial charge in [-0.3, -0.25) is 9.59 Å². The Morgan fingerprint density at radius 1 is 1.00 bits per heavy atom. The molecule has 8 heteroatoms. The first-order valence-electron chi connectivity index (χ1n) is 7.81. The minimum absolute atomic E-state index is 0.00789. The molecule has 2 aromatic rings. The summed E-state index contributed by atoms with van der Waals surface area (Å²) in [5.74, 6) is -0.618. The molecule has 26 heavy (non-hydrogen) atoms. The lowest BCUT2D eigenvalue weighted by Crippen LogP contribution is -2.41. The lowest BCUT2D eigenvalue weighted by atomic mass is 10.2. The summed E-state index contributed by atoms with van der Waals surface area (Å²) in [4.78, 5) is 24.6. The van der Waals surface area contributed by atoms with E-state index < -0.39 is 22.0 Å². The molecule has 2 N–H and O–H groups in total. The predicted molar refractivity (Wildman–Crippen MR) is 103 cm³/mol. The number of carbonyl (C=O) groups is 2. The molecule has 0 radical (unpaired) electrons. The number of hydrogen-bond donors (Lipinski definition) is 2. The van der Waals surface area contributed by atoms with E-state index in [2.05, 4.69) is 10.0 Å². The SMILES string of the molecule is CSc1ccc(NC(=O)[C@H](C)NS(=O)(=O)c2ccc(C(C)=O)cc2)cc1. The van der Waals surface area contributed by atoms with Gasteiger partial charge in [0, 0.05) is 16.1 Å². The van der Waals surface area contributed by atoms with Crippen molar-refractivity contribution in [3.63, 3.8) is 0 Å². The molecule has 0 aliphatic rings. The van der Waals surface area contributed by atoms with Crippen molar-refractivity contribution in [2.45, 2.75) is 29.7 Å². The van der Waals surface area contributed by atoms with E-state index in [0.717, 1.165) is 4.90 Å². The number of carbonyl (C=O) groups excluding carboxylic acids is 2. The number of sulfonamides is 1. The number of benzene rings is 2. The number of Topliss-reactive ketones (excluding diaryl/α,β-unsaturated/α-hetero) is 1. The van der Waals surface area contributed by atoms with Crippen molar-refractivity contribution in [2.75, 3.05) is 11.6 Å². The summed E-state index contributed by atoms with van der Waals surface area (Å²) in [6.07, 6.45) is 1.95. The maximum absolute atomic E-state index is 12.4. The second-order valence-corrected chi connectivity index (χ2v) is 8.23. The van der Waals surface area contributed by atoms with E-state index in [9.17, 15) is 18.0 Å². The first-order chi connectivity index (χ1) is 12.2. The second-order valence-electron chi connectivity index (χ2n) is 5.64. The average Bonchev–Trinajstić information content (AvgIpc) is 2.62. The van der Waals surface area contributed by atoms with Gasteiger partial charge in [0.2, 0.25) is 15.9 Å². The highest BCUT2D eigenvalue weighted by Crippen LogP contribution is 2.18. The molecule has 2 aromatic carbocycles. The van der Waals surface area contributed by atoms with Crippen LogP contribution in [0.2, 0.25) is 0 Å². The summed E-state index contributed by atoms with van der Waals surface area (Å²) >= 11 is 1.59. The van der Waals surface area contributed by atoms with E-state index in [0.29, 0.717) is 11.3 Å². The maximum Gasteiger partial charge on any atom is 0.242 e. The predicted octanol–water partition coefficient (Wildman–Crippen LogP) is 2.92. The number of amides is 1. The van der Waals surface area contributed by atoms with Crippen LogP contribution in [0.4, 0.5) is 5.69 Å². The topological polar surface area (TPSA) is 92.3 Å². The molecule has 0 heterocycles. The molecule has 1 atom stereocenters. The van der Waals surface area contributed by atoms with Crippen LogP contribution in [-0.4, -0.2) is 32.4 Å². The molecule has 0 aliphatic carbocycles. The molecule has 2 rings (SSSR count). The third-order valence-electron chi connectivity index (χ3n) is 3.65. The molecule has 0 saturated heterocycles. The van der Waals surface area contributed by atoms with Crippen LogP contribution < -0.4 is 10.0 Å². The molecule has 0 bridgehead atoms. The first kappa shape index (κ1) is 20.2. The van der Waals surface area contributed by atoms with E-state index in [-0.39, 0.29) is 10.7 Å². The van der Waals surface area contributed by atoms with Crippen molar-refractivity contribution in [1.29, 1.82) is 0 Å². The van der Waals surface area contributed by atoms with Gasteiger partial charge >= 0.3 is 0 Å². The summed E-state index contributed by atoms with van der Waals surface area (Å²) in [6, 6.07) is 11.8. The molecule has 0 unspecified atom stereocenters. The van der Waals surface area contributed by atoms with Crippen molar-refractivity contribution in [1.82, 2.24) is 4.72 Å². The average molecular weight is 393 g/mol. The maximum atomic E-state index is 12.4. The van der Waals surface area contributed by atoms with Crippen molar-refractivity contribution in [3.05, 3.63) is 54.1 Å². The van der Waals surface area contributed by atoms with Gasteiger partial charge in [-0.1, -0.05) is 12.1 Å². The summed E-state index contributed by atoms with van der Waals surface area (Å²) < 4.78 is 27.1. The molecular weight excluding hydrogens is 372 g/mol. The van der Waals surface area contributed by atoms with Gasteiger partial charge in [0.15, 0.2) is 5.78 Å². The van der Waals surface area contributed by atoms with Crippen molar-refractivity contribution in [3.8, 4) is 0 Å². The molecule has 0 fully saturated rings. The van der Waals surface area contributed by atoms with Crippen LogP contribution in [0.15, 0.2) is 58.3 Å². The van der Waals surface area contributed by atoms with E-state index in [4.69, 9.17) is 0 Å². The monoisotopic (exact) mass is 392 g/mol. The van der Waals surface area contributed by atoms with Crippen molar-refractivity contribution < 1.29 is 18.0 Å². The molecule has 0 saturated carbocycles. The molecule has 6 nitrogen and oxygen atoms in total. The Kier molecular flexibility index (Phi) is 6.57. The second kappa shape index (κ2) is 8.48. The fourth-order valence-corrected chi connectivity index (χ4v) is 3.76. The van der Waals surface area contributed by atoms with Crippen LogP contribution in [0.5, 0.6) is 0 Å². The number of hydrogen-bond acceptors (Lipinski definition) is 5. The minimum Gasteiger partial charge on any atom is -0.325 e. The van der Waals surface area contributed by atoms with E-state index in [1.165, 1.54) is 38.1 Å². The summed E-state index contributed by atoms with van der Waals surface area (Å²) in [5.41, 5.74) is 1.01. The third kappa shape index (κ3) is 5.17. The van der Waals surface area contributed by atoms with Crippen LogP contribution in [-0.2, 0) is 14.8 Å². The Morgan fingerprint density at radius 3 is 2.08 bits per heavy atom. The number of nitrogens with one attached hydrogen (secondary N) is 2. The number of ketones is 1. The quantitative estimate of drug-likeness (QED) is 0.558. The lowest BCUT2D eigenvalue weighted by Gasteiger charge is -2.15. The smallest absolute Gasteiger partial charge is 0.242 e. The van der Waals surface area contributed by atoms with Gasteiger partial charge in [-0.15, -0.1) is 11.8 Å². The fraction of sp³-hybridized carbons (Fsp3) is 0.222. The Bertz CT molecular complexity index is 892. The molecule has 0 aromatic heterocycles. The minimum atomic E-state index is -3.88. The molecular formula is C18H20N2O4S2. The first-order valence-corrected chi connectivity index (χ1v) is 10.5. The van der Waals surface area contributed by atoms with Crippen molar-refractivity contribution >= 4 is 39.2 Å². The van der Waals surface area contributed by atoms with E-state index in [1.54, 1.807) is 23.9 Å². The summed E-state index contributed by atoms with van der Waals surface area (Å²) in [6.45, 7) is 2.87. The van der Waals surface area contributed by atoms with Crippen LogP contribution in [0, 0.1) is 0 Å². The molecule has 138 valence electrons. The largest absolute Gasteiger partial charge is 0.325 e. The number of thioether (sulfide) groups is 1. The lowest BCUT2D eigenvalue weighted by molar-refractivity contribution is -0.117. The standard InChI is InChI=1S/C18H20N2O4S2/c1-12(18(22)19-15-6-8-16(25-3)9-7-15)20-26(23,24)17-10-4-14(5-11-17)13(2)21/h4-12,20H,1-3H3,(H,19,22)/t12-/m0/s1. The van der Waals surface area contributed by atoms with Crippen LogP contribution in [0.25, 0.3) is 0 Å². The Balaban J connectivity index is 2.05. The highest BCUT2D eigenvalue weighted by atomic mass is 32.2. The molecule has 0 spiro atoms. The Labute approximate surface area is 157 Å². The van der Waals surface area contributed by atoms with Gasteiger partial charge in [0.25, 0.3) is 0 Å². The van der Waals surface area contributed by atoms with Crippen LogP contribution >= 0.6 is 11.8 Å². The van der Waals surface area contributed by atoms with Gasteiger partial charge in [0.1, 0.15) is 0 Å².